The van der Waals surface area contributed by atoms with E-state index in [4.69, 9.17) is 0 Å². The molecule has 1 aliphatic heterocycles. The minimum Gasteiger partial charge on any atom is -0.327 e. The van der Waals surface area contributed by atoms with Crippen LogP contribution in [0.3, 0.4) is 0 Å². The van der Waals surface area contributed by atoms with Gasteiger partial charge in [-0.1, -0.05) is 13.8 Å². The first-order chi connectivity index (χ1) is 6.82. The molecule has 3 nitrogen and oxygen atoms in total. The first-order valence-electron chi connectivity index (χ1n) is 4.70. The molecule has 5 heteroatoms. The Balaban J connectivity index is 2.41. The molecule has 0 N–H and O–H groups in total. The maximum atomic E-state index is 12.4. The highest BCUT2D eigenvalue weighted by molar-refractivity contribution is 5.98. The molecule has 1 saturated heterocycles. The van der Waals surface area contributed by atoms with Crippen molar-refractivity contribution in [3.05, 3.63) is 12.2 Å². The van der Waals surface area contributed by atoms with Gasteiger partial charge < -0.3 is 4.90 Å². The van der Waals surface area contributed by atoms with E-state index in [1.807, 2.05) is 0 Å². The van der Waals surface area contributed by atoms with Crippen molar-refractivity contribution in [2.24, 2.45) is 5.92 Å². The molecule has 0 radical (unpaired) electrons. The van der Waals surface area contributed by atoms with Crippen LogP contribution >= 0.6 is 0 Å². The molecule has 1 aliphatic rings. The maximum Gasteiger partial charge on any atom is 0.282 e. The van der Waals surface area contributed by atoms with Crippen molar-refractivity contribution in [3.8, 4) is 0 Å². The third kappa shape index (κ3) is 3.11. The van der Waals surface area contributed by atoms with Gasteiger partial charge in [0.15, 0.2) is 5.78 Å². The van der Waals surface area contributed by atoms with Crippen LogP contribution in [-0.4, -0.2) is 35.6 Å². The quantitative estimate of drug-likeness (QED) is 0.667. The number of hydrogen-bond donors (Lipinski definition) is 0. The van der Waals surface area contributed by atoms with E-state index >= 15 is 0 Å². The van der Waals surface area contributed by atoms with Crippen LogP contribution in [0, 0.1) is 5.92 Å². The van der Waals surface area contributed by atoms with Crippen molar-refractivity contribution in [1.29, 1.82) is 0 Å². The van der Waals surface area contributed by atoms with Crippen LogP contribution in [-0.2, 0) is 9.59 Å². The normalized spacial score (nSPS) is 19.4. The second-order valence-corrected chi connectivity index (χ2v) is 3.94. The number of ketones is 1. The highest BCUT2D eigenvalue weighted by Gasteiger charge is 2.45. The van der Waals surface area contributed by atoms with Gasteiger partial charge in [-0.2, -0.15) is 0 Å². The largest absolute Gasteiger partial charge is 0.327 e. The average molecular weight is 217 g/mol. The van der Waals surface area contributed by atoms with E-state index in [2.05, 4.69) is 0 Å². The van der Waals surface area contributed by atoms with Crippen molar-refractivity contribution in [2.75, 3.05) is 13.1 Å². The number of hydrogen-bond acceptors (Lipinski definition) is 2. The van der Waals surface area contributed by atoms with Crippen LogP contribution < -0.4 is 0 Å². The van der Waals surface area contributed by atoms with Crippen LogP contribution in [0.15, 0.2) is 12.2 Å². The summed E-state index contributed by atoms with van der Waals surface area (Å²) in [6.45, 7) is 2.31. The molecule has 0 bridgehead atoms. The Morgan fingerprint density at radius 1 is 1.27 bits per heavy atom. The summed E-state index contributed by atoms with van der Waals surface area (Å²) in [6, 6.07) is 0. The van der Waals surface area contributed by atoms with Gasteiger partial charge in [-0.05, 0) is 6.08 Å². The zero-order valence-electron chi connectivity index (χ0n) is 8.67. The van der Waals surface area contributed by atoms with E-state index < -0.39 is 24.9 Å². The van der Waals surface area contributed by atoms with Crippen molar-refractivity contribution in [1.82, 2.24) is 4.90 Å². The molecule has 1 amide bonds. The van der Waals surface area contributed by atoms with Gasteiger partial charge in [-0.25, -0.2) is 8.78 Å². The van der Waals surface area contributed by atoms with Gasteiger partial charge in [0.25, 0.3) is 5.92 Å². The number of halogens is 2. The molecule has 0 unspecified atom stereocenters. The predicted octanol–water partition coefficient (Wildman–Crippen LogP) is 1.25. The molecule has 1 fully saturated rings. The lowest BCUT2D eigenvalue weighted by Gasteiger charge is -2.37. The topological polar surface area (TPSA) is 37.4 Å². The summed E-state index contributed by atoms with van der Waals surface area (Å²) in [5.74, 6) is -3.66. The van der Waals surface area contributed by atoms with Crippen LogP contribution in [0.4, 0.5) is 8.78 Å². The van der Waals surface area contributed by atoms with Gasteiger partial charge in [0.1, 0.15) is 0 Å². The highest BCUT2D eigenvalue weighted by Crippen LogP contribution is 2.26. The third-order valence-electron chi connectivity index (χ3n) is 2.12. The molecule has 0 aromatic carbocycles. The van der Waals surface area contributed by atoms with E-state index in [0.717, 1.165) is 17.1 Å². The van der Waals surface area contributed by atoms with Crippen LogP contribution in [0.25, 0.3) is 0 Å². The minimum absolute atomic E-state index is 0.185. The van der Waals surface area contributed by atoms with Gasteiger partial charge in [0.05, 0.1) is 13.1 Å². The smallest absolute Gasteiger partial charge is 0.282 e. The first kappa shape index (κ1) is 11.8. The van der Waals surface area contributed by atoms with Crippen molar-refractivity contribution in [2.45, 2.75) is 19.8 Å². The predicted molar refractivity (Wildman–Crippen MR) is 50.5 cm³/mol. The van der Waals surface area contributed by atoms with Gasteiger partial charge >= 0.3 is 0 Å². The van der Waals surface area contributed by atoms with E-state index in [9.17, 15) is 18.4 Å². The van der Waals surface area contributed by atoms with Gasteiger partial charge in [0.2, 0.25) is 5.91 Å². The van der Waals surface area contributed by atoms with Crippen molar-refractivity contribution >= 4 is 11.7 Å². The van der Waals surface area contributed by atoms with Crippen LogP contribution in [0.2, 0.25) is 0 Å². The number of amides is 1. The molecule has 0 aliphatic carbocycles. The van der Waals surface area contributed by atoms with Crippen molar-refractivity contribution < 1.29 is 18.4 Å². The molecule has 0 aromatic rings. The lowest BCUT2D eigenvalue weighted by Crippen LogP contribution is -2.58. The SMILES string of the molecule is CC(C)C(=O)/C=C/C(=O)N1CC(F)(F)C1. The summed E-state index contributed by atoms with van der Waals surface area (Å²) < 4.78 is 24.8. The minimum atomic E-state index is -2.76. The summed E-state index contributed by atoms with van der Waals surface area (Å²) in [5.41, 5.74) is 0. The van der Waals surface area contributed by atoms with Crippen molar-refractivity contribution in [3.63, 3.8) is 0 Å². The fraction of sp³-hybridized carbons (Fsp3) is 0.600. The maximum absolute atomic E-state index is 12.4. The first-order valence-corrected chi connectivity index (χ1v) is 4.70. The molecular weight excluding hydrogens is 204 g/mol. The van der Waals surface area contributed by atoms with E-state index in [1.165, 1.54) is 0 Å². The van der Waals surface area contributed by atoms with Crippen LogP contribution in [0.1, 0.15) is 13.8 Å². The molecule has 0 spiro atoms. The van der Waals surface area contributed by atoms with E-state index in [0.29, 0.717) is 0 Å². The number of rotatable bonds is 3. The lowest BCUT2D eigenvalue weighted by molar-refractivity contribution is -0.160. The zero-order chi connectivity index (χ0) is 11.6. The molecule has 15 heavy (non-hydrogen) atoms. The average Bonchev–Trinajstić information content (AvgIpc) is 2.09. The summed E-state index contributed by atoms with van der Waals surface area (Å²) in [6.07, 6.45) is 2.20. The molecule has 0 aromatic heterocycles. The number of carbonyl (C=O) groups excluding carboxylic acids is 2. The lowest BCUT2D eigenvalue weighted by atomic mass is 10.1. The fourth-order valence-corrected chi connectivity index (χ4v) is 1.12. The molecule has 84 valence electrons. The zero-order valence-corrected chi connectivity index (χ0v) is 8.67. The number of alkyl halides is 2. The monoisotopic (exact) mass is 217 g/mol. The van der Waals surface area contributed by atoms with E-state index in [-0.39, 0.29) is 11.7 Å². The number of allylic oxidation sites excluding steroid dienone is 1. The van der Waals surface area contributed by atoms with Crippen LogP contribution in [0.5, 0.6) is 0 Å². The standard InChI is InChI=1S/C10H13F2NO2/c1-7(2)8(14)3-4-9(15)13-5-10(11,12)6-13/h3-4,7H,5-6H2,1-2H3/b4-3+. The molecule has 1 rings (SSSR count). The Hall–Kier alpha value is -1.26. The molecule has 0 atom stereocenters. The molecular formula is C10H13F2NO2. The molecule has 0 saturated carbocycles. The fourth-order valence-electron chi connectivity index (χ4n) is 1.12. The Kier molecular flexibility index (Phi) is 3.21. The number of nitrogens with zero attached hydrogens (tertiary/aromatic N) is 1. The molecule has 1 heterocycles. The Morgan fingerprint density at radius 3 is 2.20 bits per heavy atom. The number of likely N-dealkylation sites (tertiary alicyclic amines) is 1. The van der Waals surface area contributed by atoms with Gasteiger partial charge in [0, 0.05) is 12.0 Å². The second kappa shape index (κ2) is 4.08. The number of carbonyl (C=O) groups is 2. The third-order valence-corrected chi connectivity index (χ3v) is 2.12. The Bertz CT molecular complexity index is 303. The summed E-state index contributed by atoms with van der Waals surface area (Å²) in [7, 11) is 0. The second-order valence-electron chi connectivity index (χ2n) is 3.94. The summed E-state index contributed by atoms with van der Waals surface area (Å²) in [5, 5.41) is 0. The Labute approximate surface area is 86.7 Å². The van der Waals surface area contributed by atoms with E-state index in [1.54, 1.807) is 13.8 Å². The van der Waals surface area contributed by atoms with Gasteiger partial charge in [-0.15, -0.1) is 0 Å². The summed E-state index contributed by atoms with van der Waals surface area (Å²) >= 11 is 0. The highest BCUT2D eigenvalue weighted by atomic mass is 19.3. The van der Waals surface area contributed by atoms with Gasteiger partial charge in [-0.3, -0.25) is 9.59 Å². The Morgan fingerprint density at radius 2 is 1.80 bits per heavy atom. The summed E-state index contributed by atoms with van der Waals surface area (Å²) in [4.78, 5) is 23.3.